The van der Waals surface area contributed by atoms with Gasteiger partial charge in [-0.05, 0) is 62.4 Å². The first-order valence-corrected chi connectivity index (χ1v) is 13.4. The van der Waals surface area contributed by atoms with Gasteiger partial charge in [-0.2, -0.15) is 4.31 Å². The van der Waals surface area contributed by atoms with Crippen molar-refractivity contribution in [1.82, 2.24) is 14.2 Å². The Labute approximate surface area is 204 Å². The first-order chi connectivity index (χ1) is 15.8. The number of fused-ring (bicyclic) bond motifs is 3. The lowest BCUT2D eigenvalue weighted by Gasteiger charge is -2.40. The molecule has 1 aromatic carbocycles. The van der Waals surface area contributed by atoms with Crippen molar-refractivity contribution in [3.63, 3.8) is 0 Å². The second kappa shape index (κ2) is 8.69. The molecule has 0 spiro atoms. The van der Waals surface area contributed by atoms with Gasteiger partial charge in [0.1, 0.15) is 6.04 Å². The molecule has 3 aliphatic heterocycles. The first kappa shape index (κ1) is 22.8. The van der Waals surface area contributed by atoms with Gasteiger partial charge in [-0.25, -0.2) is 8.42 Å². The molecule has 5 rings (SSSR count). The molecule has 3 aliphatic rings. The molecule has 0 N–H and O–H groups in total. The first-order valence-electron chi connectivity index (χ1n) is 11.2. The van der Waals surface area contributed by atoms with Crippen LogP contribution in [0.25, 0.3) is 0 Å². The largest absolute Gasteiger partial charge is 0.329 e. The number of hydrogen-bond acceptors (Lipinski definition) is 4. The van der Waals surface area contributed by atoms with Crippen molar-refractivity contribution in [2.75, 3.05) is 0 Å². The van der Waals surface area contributed by atoms with Crippen molar-refractivity contribution in [3.05, 3.63) is 71.0 Å². The number of sulfonamides is 1. The van der Waals surface area contributed by atoms with Crippen molar-refractivity contribution in [2.24, 2.45) is 5.92 Å². The van der Waals surface area contributed by atoms with Crippen LogP contribution in [0.15, 0.2) is 60.1 Å². The van der Waals surface area contributed by atoms with Gasteiger partial charge in [0.2, 0.25) is 15.9 Å². The highest BCUT2D eigenvalue weighted by Crippen LogP contribution is 2.47. The lowest BCUT2D eigenvalue weighted by molar-refractivity contribution is -0.137. The van der Waals surface area contributed by atoms with Gasteiger partial charge >= 0.3 is 0 Å². The van der Waals surface area contributed by atoms with E-state index in [2.05, 4.69) is 11.6 Å². The maximum atomic E-state index is 14.0. The van der Waals surface area contributed by atoms with Crippen LogP contribution in [0, 0.1) is 5.92 Å². The van der Waals surface area contributed by atoms with Crippen LogP contribution in [0.2, 0.25) is 10.0 Å². The number of nitrogens with zero attached hydrogens (tertiary/aromatic N) is 3. The van der Waals surface area contributed by atoms with Gasteiger partial charge in [0, 0.05) is 34.2 Å². The summed E-state index contributed by atoms with van der Waals surface area (Å²) < 4.78 is 29.3. The third-order valence-electron chi connectivity index (χ3n) is 7.18. The van der Waals surface area contributed by atoms with Gasteiger partial charge in [0.25, 0.3) is 0 Å². The summed E-state index contributed by atoms with van der Waals surface area (Å²) >= 11 is 12.3. The van der Waals surface area contributed by atoms with Crippen molar-refractivity contribution < 1.29 is 13.2 Å². The summed E-state index contributed by atoms with van der Waals surface area (Å²) in [7, 11) is -4.03. The van der Waals surface area contributed by atoms with Crippen LogP contribution in [0.4, 0.5) is 0 Å². The van der Waals surface area contributed by atoms with Crippen LogP contribution >= 0.6 is 23.2 Å². The van der Waals surface area contributed by atoms with Gasteiger partial charge in [-0.3, -0.25) is 9.78 Å². The molecular weight excluding hydrogens is 481 g/mol. The van der Waals surface area contributed by atoms with Crippen LogP contribution in [-0.2, 0) is 14.8 Å². The van der Waals surface area contributed by atoms with Crippen LogP contribution in [0.1, 0.15) is 43.8 Å². The maximum Gasteiger partial charge on any atom is 0.244 e. The second-order valence-electron chi connectivity index (χ2n) is 8.93. The minimum absolute atomic E-state index is 0.0100. The van der Waals surface area contributed by atoms with E-state index in [-0.39, 0.29) is 44.9 Å². The standard InChI is InChI=1S/C24H25Cl2N3O3S/c1-2-18-20-9-10-22(19-6-3-4-11-27-19)28(20)24(30)23-8-5-7-21(18)29(23)33(31,32)17-13-15(25)12-16(26)14-17/h2-4,6,11-14,18,20-23H,1,5,7-10H2/t18-,20-,21-,22+,23?/m0/s1. The van der Waals surface area contributed by atoms with Crippen molar-refractivity contribution in [3.8, 4) is 0 Å². The zero-order valence-electron chi connectivity index (χ0n) is 18.0. The van der Waals surface area contributed by atoms with E-state index in [0.29, 0.717) is 12.8 Å². The third-order valence-corrected chi connectivity index (χ3v) is 9.53. The number of pyridine rings is 1. The molecular formula is C24H25Cl2N3O3S. The molecule has 3 saturated heterocycles. The molecule has 5 atom stereocenters. The topological polar surface area (TPSA) is 70.6 Å². The van der Waals surface area contributed by atoms with Gasteiger partial charge in [0.15, 0.2) is 0 Å². The number of halogens is 2. The van der Waals surface area contributed by atoms with Crippen molar-refractivity contribution >= 4 is 39.1 Å². The van der Waals surface area contributed by atoms with Gasteiger partial charge in [-0.1, -0.05) is 35.3 Å². The Hall–Kier alpha value is -1.93. The highest BCUT2D eigenvalue weighted by atomic mass is 35.5. The quantitative estimate of drug-likeness (QED) is 0.556. The lowest BCUT2D eigenvalue weighted by atomic mass is 9.85. The molecule has 2 aromatic rings. The SMILES string of the molecule is C=C[C@H]1[C@@H]2CC[C@H](c3ccccn3)N2C(=O)C2CCC[C@@H]1N2S(=O)(=O)c1cc(Cl)cc(Cl)c1. The molecule has 2 bridgehead atoms. The zero-order valence-corrected chi connectivity index (χ0v) is 20.3. The number of piperidine rings is 1. The summed E-state index contributed by atoms with van der Waals surface area (Å²) in [6.45, 7) is 4.06. The molecule has 1 amide bonds. The van der Waals surface area contributed by atoms with E-state index in [0.717, 1.165) is 25.0 Å². The molecule has 0 saturated carbocycles. The molecule has 33 heavy (non-hydrogen) atoms. The van der Waals surface area contributed by atoms with E-state index in [1.54, 1.807) is 6.20 Å². The number of carbonyl (C=O) groups excluding carboxylic acids is 1. The van der Waals surface area contributed by atoms with Crippen molar-refractivity contribution in [2.45, 2.75) is 61.2 Å². The molecule has 6 nitrogen and oxygen atoms in total. The van der Waals surface area contributed by atoms with E-state index in [1.807, 2.05) is 29.2 Å². The normalized spacial score (nSPS) is 30.1. The Morgan fingerprint density at radius 3 is 2.42 bits per heavy atom. The Balaban J connectivity index is 1.62. The van der Waals surface area contributed by atoms with Crippen LogP contribution in [-0.4, -0.2) is 46.6 Å². The monoisotopic (exact) mass is 505 g/mol. The third kappa shape index (κ3) is 3.79. The van der Waals surface area contributed by atoms with Crippen LogP contribution in [0.5, 0.6) is 0 Å². The van der Waals surface area contributed by atoms with Gasteiger partial charge in [-0.15, -0.1) is 6.58 Å². The van der Waals surface area contributed by atoms with Gasteiger partial charge < -0.3 is 4.90 Å². The Kier molecular flexibility index (Phi) is 6.02. The molecule has 3 fully saturated rings. The number of carbonyl (C=O) groups is 1. The van der Waals surface area contributed by atoms with Crippen LogP contribution in [0.3, 0.4) is 0 Å². The highest BCUT2D eigenvalue weighted by molar-refractivity contribution is 7.89. The Morgan fingerprint density at radius 1 is 1.00 bits per heavy atom. The fraction of sp³-hybridized carbons (Fsp3) is 0.417. The van der Waals surface area contributed by atoms with Crippen molar-refractivity contribution in [1.29, 1.82) is 0 Å². The zero-order chi connectivity index (χ0) is 23.3. The predicted molar refractivity (Wildman–Crippen MR) is 127 cm³/mol. The van der Waals surface area contributed by atoms with E-state index < -0.39 is 16.1 Å². The fourth-order valence-corrected chi connectivity index (χ4v) is 8.47. The average molecular weight is 506 g/mol. The molecule has 9 heteroatoms. The minimum Gasteiger partial charge on any atom is -0.329 e. The minimum atomic E-state index is -4.03. The smallest absolute Gasteiger partial charge is 0.244 e. The molecule has 4 heterocycles. The number of amides is 1. The molecule has 0 aliphatic carbocycles. The Morgan fingerprint density at radius 2 is 1.76 bits per heavy atom. The van der Waals surface area contributed by atoms with Gasteiger partial charge in [0.05, 0.1) is 16.6 Å². The second-order valence-corrected chi connectivity index (χ2v) is 11.6. The number of aromatic nitrogens is 1. The molecule has 0 radical (unpaired) electrons. The average Bonchev–Trinajstić information content (AvgIpc) is 3.21. The number of rotatable bonds is 4. The summed E-state index contributed by atoms with van der Waals surface area (Å²) in [5.41, 5.74) is 0.837. The summed E-state index contributed by atoms with van der Waals surface area (Å²) in [6, 6.07) is 8.58. The number of benzene rings is 1. The van der Waals surface area contributed by atoms with E-state index in [4.69, 9.17) is 23.2 Å². The summed E-state index contributed by atoms with van der Waals surface area (Å²) in [5.74, 6) is -0.337. The van der Waals surface area contributed by atoms with E-state index in [9.17, 15) is 13.2 Å². The summed E-state index contributed by atoms with van der Waals surface area (Å²) in [5, 5.41) is 0.479. The maximum absolute atomic E-state index is 14.0. The summed E-state index contributed by atoms with van der Waals surface area (Å²) in [6.07, 6.45) is 7.07. The van der Waals surface area contributed by atoms with Crippen LogP contribution < -0.4 is 0 Å². The fourth-order valence-electron chi connectivity index (χ4n) is 5.88. The highest BCUT2D eigenvalue weighted by Gasteiger charge is 2.55. The molecule has 1 unspecified atom stereocenters. The Bertz CT molecular complexity index is 1170. The molecule has 1 aromatic heterocycles. The number of hydrogen-bond donors (Lipinski definition) is 0. The predicted octanol–water partition coefficient (Wildman–Crippen LogP) is 4.85. The summed E-state index contributed by atoms with van der Waals surface area (Å²) in [4.78, 5) is 20.4. The molecule has 174 valence electrons. The van der Waals surface area contributed by atoms with E-state index in [1.165, 1.54) is 22.5 Å². The van der Waals surface area contributed by atoms with E-state index >= 15 is 0 Å². The lowest BCUT2D eigenvalue weighted by Crippen LogP contribution is -2.54.